The van der Waals surface area contributed by atoms with Crippen LogP contribution in [0.3, 0.4) is 0 Å². The third kappa shape index (κ3) is 5.24. The molecule has 2 N–H and O–H groups in total. The molecule has 0 radical (unpaired) electrons. The predicted octanol–water partition coefficient (Wildman–Crippen LogP) is 3.89. The Bertz CT molecular complexity index is 767. The molecule has 2 aromatic carbocycles. The van der Waals surface area contributed by atoms with Gasteiger partial charge in [-0.25, -0.2) is 0 Å². The van der Waals surface area contributed by atoms with Gasteiger partial charge in [0.25, 0.3) is 0 Å². The van der Waals surface area contributed by atoms with Gasteiger partial charge in [-0.15, -0.1) is 0 Å². The van der Waals surface area contributed by atoms with Crippen LogP contribution in [0, 0.1) is 0 Å². The number of nitrogens with two attached hydrogens (primary N) is 1. The molecule has 0 spiro atoms. The lowest BCUT2D eigenvalue weighted by atomic mass is 9.88. The SMILES string of the molecule is COCCC(N)(CCOC)CCC(=O)OCC1c2ccccc2-c2ccccc21. The Morgan fingerprint density at radius 2 is 1.41 bits per heavy atom. The molecule has 1 aliphatic rings. The number of esters is 1. The van der Waals surface area contributed by atoms with Crippen LogP contribution in [0.15, 0.2) is 48.5 Å². The zero-order valence-electron chi connectivity index (χ0n) is 17.4. The second-order valence-electron chi connectivity index (χ2n) is 7.76. The van der Waals surface area contributed by atoms with Gasteiger partial charge in [0.05, 0.1) is 0 Å². The van der Waals surface area contributed by atoms with Gasteiger partial charge >= 0.3 is 5.97 Å². The molecule has 5 heteroatoms. The van der Waals surface area contributed by atoms with Crippen LogP contribution in [-0.2, 0) is 19.0 Å². The third-order valence-corrected chi connectivity index (χ3v) is 5.81. The van der Waals surface area contributed by atoms with E-state index in [1.54, 1.807) is 14.2 Å². The van der Waals surface area contributed by atoms with Gasteiger partial charge in [-0.05, 0) is 41.5 Å². The first-order chi connectivity index (χ1) is 14.1. The van der Waals surface area contributed by atoms with Crippen molar-refractivity contribution in [3.05, 3.63) is 59.7 Å². The largest absolute Gasteiger partial charge is 0.465 e. The molecule has 0 saturated carbocycles. The minimum atomic E-state index is -0.488. The summed E-state index contributed by atoms with van der Waals surface area (Å²) in [5, 5.41) is 0. The van der Waals surface area contributed by atoms with Crippen molar-refractivity contribution in [1.82, 2.24) is 0 Å². The molecule has 0 saturated heterocycles. The van der Waals surface area contributed by atoms with Crippen LogP contribution in [0.1, 0.15) is 42.7 Å². The second kappa shape index (κ2) is 10.0. The first kappa shape index (κ1) is 21.5. The van der Waals surface area contributed by atoms with Gasteiger partial charge in [-0.2, -0.15) is 0 Å². The van der Waals surface area contributed by atoms with Crippen LogP contribution < -0.4 is 5.73 Å². The fourth-order valence-electron chi connectivity index (χ4n) is 4.02. The van der Waals surface area contributed by atoms with E-state index in [1.807, 2.05) is 24.3 Å². The summed E-state index contributed by atoms with van der Waals surface area (Å²) in [4.78, 5) is 12.5. The molecule has 0 amide bonds. The Labute approximate surface area is 173 Å². The zero-order chi connectivity index (χ0) is 20.7. The lowest BCUT2D eigenvalue weighted by molar-refractivity contribution is -0.144. The van der Waals surface area contributed by atoms with E-state index in [9.17, 15) is 4.79 Å². The van der Waals surface area contributed by atoms with Crippen molar-refractivity contribution in [3.8, 4) is 11.1 Å². The van der Waals surface area contributed by atoms with Gasteiger partial charge < -0.3 is 19.9 Å². The average molecular weight is 398 g/mol. The molecule has 3 rings (SSSR count). The number of fused-ring (bicyclic) bond motifs is 3. The first-order valence-electron chi connectivity index (χ1n) is 10.2. The molecule has 156 valence electrons. The lowest BCUT2D eigenvalue weighted by Crippen LogP contribution is -2.42. The van der Waals surface area contributed by atoms with Crippen molar-refractivity contribution in [2.24, 2.45) is 5.73 Å². The van der Waals surface area contributed by atoms with Crippen LogP contribution in [0.2, 0.25) is 0 Å². The quantitative estimate of drug-likeness (QED) is 0.583. The van der Waals surface area contributed by atoms with Gasteiger partial charge in [0.2, 0.25) is 0 Å². The minimum absolute atomic E-state index is 0.0796. The highest BCUT2D eigenvalue weighted by atomic mass is 16.5. The lowest BCUT2D eigenvalue weighted by Gasteiger charge is -2.29. The Balaban J connectivity index is 1.59. The molecule has 0 heterocycles. The molecular weight excluding hydrogens is 366 g/mol. The highest BCUT2D eigenvalue weighted by Crippen LogP contribution is 2.44. The van der Waals surface area contributed by atoms with Gasteiger partial charge in [0.1, 0.15) is 6.61 Å². The molecule has 2 aromatic rings. The van der Waals surface area contributed by atoms with Crippen LogP contribution in [-0.4, -0.2) is 45.5 Å². The van der Waals surface area contributed by atoms with E-state index in [2.05, 4.69) is 24.3 Å². The van der Waals surface area contributed by atoms with Crippen molar-refractivity contribution in [1.29, 1.82) is 0 Å². The highest BCUT2D eigenvalue weighted by Gasteiger charge is 2.30. The van der Waals surface area contributed by atoms with Gasteiger partial charge in [0, 0.05) is 45.3 Å². The normalized spacial score (nSPS) is 13.2. The summed E-state index contributed by atoms with van der Waals surface area (Å²) in [7, 11) is 3.31. The Morgan fingerprint density at radius 1 is 0.897 bits per heavy atom. The van der Waals surface area contributed by atoms with E-state index in [0.29, 0.717) is 45.5 Å². The van der Waals surface area contributed by atoms with Crippen molar-refractivity contribution >= 4 is 5.97 Å². The number of rotatable bonds is 11. The van der Waals surface area contributed by atoms with Crippen molar-refractivity contribution < 1.29 is 19.0 Å². The van der Waals surface area contributed by atoms with Crippen LogP contribution >= 0.6 is 0 Å². The van der Waals surface area contributed by atoms with Gasteiger partial charge in [-0.1, -0.05) is 48.5 Å². The van der Waals surface area contributed by atoms with E-state index in [-0.39, 0.29) is 11.9 Å². The smallest absolute Gasteiger partial charge is 0.305 e. The molecule has 0 aromatic heterocycles. The molecule has 0 aliphatic heterocycles. The Kier molecular flexibility index (Phi) is 7.42. The molecule has 5 nitrogen and oxygen atoms in total. The standard InChI is InChI=1S/C24H31NO4/c1-27-15-13-24(25,14-16-28-2)12-11-23(26)29-17-22-20-9-5-3-7-18(20)19-8-4-6-10-21(19)22/h3-10,22H,11-17,25H2,1-2H3. The van der Waals surface area contributed by atoms with E-state index < -0.39 is 5.54 Å². The van der Waals surface area contributed by atoms with E-state index >= 15 is 0 Å². The van der Waals surface area contributed by atoms with Crippen LogP contribution in [0.5, 0.6) is 0 Å². The number of carbonyl (C=O) groups is 1. The van der Waals surface area contributed by atoms with E-state index in [0.717, 1.165) is 0 Å². The van der Waals surface area contributed by atoms with Crippen molar-refractivity contribution in [2.45, 2.75) is 37.1 Å². The molecular formula is C24H31NO4. The molecule has 0 atom stereocenters. The number of ether oxygens (including phenoxy) is 3. The average Bonchev–Trinajstić information content (AvgIpc) is 3.07. The third-order valence-electron chi connectivity index (χ3n) is 5.81. The maximum Gasteiger partial charge on any atom is 0.305 e. The highest BCUT2D eigenvalue weighted by molar-refractivity contribution is 5.79. The predicted molar refractivity (Wildman–Crippen MR) is 114 cm³/mol. The topological polar surface area (TPSA) is 70.8 Å². The zero-order valence-corrected chi connectivity index (χ0v) is 17.4. The van der Waals surface area contributed by atoms with Gasteiger partial charge in [0.15, 0.2) is 0 Å². The first-order valence-corrected chi connectivity index (χ1v) is 10.2. The van der Waals surface area contributed by atoms with Crippen LogP contribution in [0.25, 0.3) is 11.1 Å². The summed E-state index contributed by atoms with van der Waals surface area (Å²) in [6.07, 6.45) is 2.21. The number of benzene rings is 2. The van der Waals surface area contributed by atoms with Crippen molar-refractivity contribution in [2.75, 3.05) is 34.0 Å². The molecule has 0 bridgehead atoms. The maximum absolute atomic E-state index is 12.5. The number of carbonyl (C=O) groups excluding carboxylic acids is 1. The monoisotopic (exact) mass is 397 g/mol. The summed E-state index contributed by atoms with van der Waals surface area (Å²) >= 11 is 0. The Hall–Kier alpha value is -2.21. The summed E-state index contributed by atoms with van der Waals surface area (Å²) < 4.78 is 16.0. The summed E-state index contributed by atoms with van der Waals surface area (Å²) in [5.41, 5.74) is 10.9. The summed E-state index contributed by atoms with van der Waals surface area (Å²) in [6.45, 7) is 1.47. The van der Waals surface area contributed by atoms with E-state index in [4.69, 9.17) is 19.9 Å². The number of methoxy groups -OCH3 is 2. The van der Waals surface area contributed by atoms with Crippen molar-refractivity contribution in [3.63, 3.8) is 0 Å². The fourth-order valence-corrected chi connectivity index (χ4v) is 4.02. The minimum Gasteiger partial charge on any atom is -0.465 e. The fraction of sp³-hybridized carbons (Fsp3) is 0.458. The van der Waals surface area contributed by atoms with E-state index in [1.165, 1.54) is 22.3 Å². The number of hydrogen-bond donors (Lipinski definition) is 1. The molecule has 29 heavy (non-hydrogen) atoms. The summed E-state index contributed by atoms with van der Waals surface area (Å²) in [5.74, 6) is -0.132. The summed E-state index contributed by atoms with van der Waals surface area (Å²) in [6, 6.07) is 16.7. The molecule has 0 fully saturated rings. The van der Waals surface area contributed by atoms with Crippen LogP contribution in [0.4, 0.5) is 0 Å². The van der Waals surface area contributed by atoms with Gasteiger partial charge in [-0.3, -0.25) is 4.79 Å². The Morgan fingerprint density at radius 3 is 1.93 bits per heavy atom. The molecule has 0 unspecified atom stereocenters. The number of hydrogen-bond acceptors (Lipinski definition) is 5. The molecule has 1 aliphatic carbocycles. The second-order valence-corrected chi connectivity index (χ2v) is 7.76. The maximum atomic E-state index is 12.5.